The summed E-state index contributed by atoms with van der Waals surface area (Å²) in [6, 6.07) is 0. The molecule has 1 saturated carbocycles. The quantitative estimate of drug-likeness (QED) is 0.713. The number of carbonyl (C=O) groups excluding carboxylic acids is 1. The lowest BCUT2D eigenvalue weighted by Gasteiger charge is -1.99. The molecule has 82 valence electrons. The third-order valence-electron chi connectivity index (χ3n) is 2.83. The van der Waals surface area contributed by atoms with Gasteiger partial charge in [0.1, 0.15) is 5.56 Å². The average Bonchev–Trinajstić information content (AvgIpc) is 3.08. The normalized spacial score (nSPS) is 15.3. The van der Waals surface area contributed by atoms with E-state index in [-0.39, 0.29) is 5.97 Å². The molecule has 3 rings (SSSR count). The Balaban J connectivity index is 2.10. The SMILES string of the molecule is COC(=O)c1cnn2cc(C3CC3)ncc12. The van der Waals surface area contributed by atoms with Crippen molar-refractivity contribution in [1.82, 2.24) is 14.6 Å². The second kappa shape index (κ2) is 3.30. The number of fused-ring (bicyclic) bond motifs is 1. The van der Waals surface area contributed by atoms with E-state index in [4.69, 9.17) is 0 Å². The van der Waals surface area contributed by atoms with Gasteiger partial charge in [-0.15, -0.1) is 0 Å². The molecule has 0 bridgehead atoms. The molecule has 0 unspecified atom stereocenters. The zero-order chi connectivity index (χ0) is 11.1. The summed E-state index contributed by atoms with van der Waals surface area (Å²) < 4.78 is 6.36. The summed E-state index contributed by atoms with van der Waals surface area (Å²) >= 11 is 0. The van der Waals surface area contributed by atoms with E-state index in [0.717, 1.165) is 5.69 Å². The topological polar surface area (TPSA) is 56.5 Å². The number of methoxy groups -OCH3 is 1. The minimum Gasteiger partial charge on any atom is -0.465 e. The first-order valence-electron chi connectivity index (χ1n) is 5.21. The molecule has 0 spiro atoms. The first-order valence-corrected chi connectivity index (χ1v) is 5.21. The van der Waals surface area contributed by atoms with E-state index < -0.39 is 0 Å². The van der Waals surface area contributed by atoms with Crippen LogP contribution in [-0.4, -0.2) is 27.7 Å². The number of hydrogen-bond donors (Lipinski definition) is 0. The van der Waals surface area contributed by atoms with Gasteiger partial charge in [-0.25, -0.2) is 9.31 Å². The Morgan fingerprint density at radius 3 is 3.00 bits per heavy atom. The van der Waals surface area contributed by atoms with Crippen LogP contribution >= 0.6 is 0 Å². The standard InChI is InChI=1S/C11H11N3O2/c1-16-11(15)8-4-13-14-6-9(7-2-3-7)12-5-10(8)14/h4-7H,2-3H2,1H3. The lowest BCUT2D eigenvalue weighted by atomic mass is 10.3. The first-order chi connectivity index (χ1) is 7.79. The third-order valence-corrected chi connectivity index (χ3v) is 2.83. The summed E-state index contributed by atoms with van der Waals surface area (Å²) in [4.78, 5) is 15.8. The molecule has 1 aliphatic carbocycles. The number of nitrogens with zero attached hydrogens (tertiary/aromatic N) is 3. The van der Waals surface area contributed by atoms with Crippen molar-refractivity contribution >= 4 is 11.5 Å². The molecule has 5 nitrogen and oxygen atoms in total. The lowest BCUT2D eigenvalue weighted by Crippen LogP contribution is -2.01. The summed E-state index contributed by atoms with van der Waals surface area (Å²) in [6.07, 6.45) is 7.49. The molecular formula is C11H11N3O2. The van der Waals surface area contributed by atoms with Crippen molar-refractivity contribution in [3.05, 3.63) is 29.8 Å². The number of aromatic nitrogens is 3. The highest BCUT2D eigenvalue weighted by molar-refractivity contribution is 5.96. The zero-order valence-corrected chi connectivity index (χ0v) is 8.88. The van der Waals surface area contributed by atoms with Gasteiger partial charge in [0, 0.05) is 5.92 Å². The van der Waals surface area contributed by atoms with Gasteiger partial charge >= 0.3 is 5.97 Å². The van der Waals surface area contributed by atoms with Crippen LogP contribution in [0.2, 0.25) is 0 Å². The summed E-state index contributed by atoms with van der Waals surface area (Å²) in [7, 11) is 1.36. The van der Waals surface area contributed by atoms with Crippen LogP contribution in [0.3, 0.4) is 0 Å². The fourth-order valence-electron chi connectivity index (χ4n) is 1.75. The maximum atomic E-state index is 11.4. The number of carbonyl (C=O) groups is 1. The molecular weight excluding hydrogens is 206 g/mol. The number of ether oxygens (including phenoxy) is 1. The van der Waals surface area contributed by atoms with Gasteiger partial charge in [0.2, 0.25) is 0 Å². The highest BCUT2D eigenvalue weighted by Crippen LogP contribution is 2.38. The molecule has 0 N–H and O–H groups in total. The Morgan fingerprint density at radius 2 is 2.31 bits per heavy atom. The van der Waals surface area contributed by atoms with E-state index in [1.807, 2.05) is 6.20 Å². The van der Waals surface area contributed by atoms with E-state index in [1.54, 1.807) is 10.7 Å². The van der Waals surface area contributed by atoms with E-state index in [9.17, 15) is 4.79 Å². The zero-order valence-electron chi connectivity index (χ0n) is 8.88. The van der Waals surface area contributed by atoms with Crippen molar-refractivity contribution in [2.45, 2.75) is 18.8 Å². The third kappa shape index (κ3) is 1.36. The van der Waals surface area contributed by atoms with Crippen molar-refractivity contribution in [2.24, 2.45) is 0 Å². The second-order valence-electron chi connectivity index (χ2n) is 3.97. The van der Waals surface area contributed by atoms with Gasteiger partial charge in [-0.2, -0.15) is 5.10 Å². The Kier molecular flexibility index (Phi) is 1.92. The first kappa shape index (κ1) is 9.33. The van der Waals surface area contributed by atoms with Crippen molar-refractivity contribution in [1.29, 1.82) is 0 Å². The van der Waals surface area contributed by atoms with Crippen LogP contribution in [0.15, 0.2) is 18.6 Å². The van der Waals surface area contributed by atoms with Crippen molar-refractivity contribution < 1.29 is 9.53 Å². The van der Waals surface area contributed by atoms with Gasteiger partial charge in [-0.1, -0.05) is 0 Å². The van der Waals surface area contributed by atoms with Crippen LogP contribution in [0.1, 0.15) is 34.8 Å². The smallest absolute Gasteiger partial charge is 0.341 e. The summed E-state index contributed by atoms with van der Waals surface area (Å²) in [6.45, 7) is 0. The van der Waals surface area contributed by atoms with Gasteiger partial charge in [-0.3, -0.25) is 4.98 Å². The molecule has 2 heterocycles. The van der Waals surface area contributed by atoms with E-state index in [0.29, 0.717) is 17.0 Å². The molecule has 0 atom stereocenters. The van der Waals surface area contributed by atoms with Crippen LogP contribution in [0.5, 0.6) is 0 Å². The Labute approximate surface area is 92.1 Å². The largest absolute Gasteiger partial charge is 0.465 e. The molecule has 2 aromatic heterocycles. The predicted molar refractivity (Wildman–Crippen MR) is 56.3 cm³/mol. The summed E-state index contributed by atoms with van der Waals surface area (Å²) in [5, 5.41) is 4.13. The van der Waals surface area contributed by atoms with Crippen LogP contribution < -0.4 is 0 Å². The van der Waals surface area contributed by atoms with E-state index in [2.05, 4.69) is 14.8 Å². The maximum absolute atomic E-state index is 11.4. The van der Waals surface area contributed by atoms with Gasteiger partial charge in [-0.05, 0) is 12.8 Å². The highest BCUT2D eigenvalue weighted by Gasteiger charge is 2.25. The van der Waals surface area contributed by atoms with Gasteiger partial charge in [0.05, 0.1) is 36.9 Å². The molecule has 0 saturated heterocycles. The molecule has 5 heteroatoms. The van der Waals surface area contributed by atoms with Gasteiger partial charge in [0.25, 0.3) is 0 Å². The molecule has 0 radical (unpaired) electrons. The summed E-state index contributed by atoms with van der Waals surface area (Å²) in [5.74, 6) is 0.200. The molecule has 1 aliphatic rings. The number of hydrogen-bond acceptors (Lipinski definition) is 4. The van der Waals surface area contributed by atoms with Crippen molar-refractivity contribution in [2.75, 3.05) is 7.11 Å². The van der Waals surface area contributed by atoms with Crippen LogP contribution in [0.4, 0.5) is 0 Å². The van der Waals surface area contributed by atoms with E-state index in [1.165, 1.54) is 26.1 Å². The Bertz CT molecular complexity index is 557. The highest BCUT2D eigenvalue weighted by atomic mass is 16.5. The average molecular weight is 217 g/mol. The minimum atomic E-state index is -0.379. The molecule has 0 aromatic carbocycles. The maximum Gasteiger partial charge on any atom is 0.341 e. The van der Waals surface area contributed by atoms with Crippen molar-refractivity contribution in [3.8, 4) is 0 Å². The van der Waals surface area contributed by atoms with E-state index >= 15 is 0 Å². The van der Waals surface area contributed by atoms with Crippen LogP contribution in [-0.2, 0) is 4.74 Å². The lowest BCUT2D eigenvalue weighted by molar-refractivity contribution is 0.0603. The molecule has 1 fully saturated rings. The molecule has 0 aliphatic heterocycles. The van der Waals surface area contributed by atoms with Gasteiger partial charge < -0.3 is 4.74 Å². The molecule has 16 heavy (non-hydrogen) atoms. The number of esters is 1. The second-order valence-corrected chi connectivity index (χ2v) is 3.97. The molecule has 0 amide bonds. The van der Waals surface area contributed by atoms with Crippen molar-refractivity contribution in [3.63, 3.8) is 0 Å². The van der Waals surface area contributed by atoms with Gasteiger partial charge in [0.15, 0.2) is 0 Å². The monoisotopic (exact) mass is 217 g/mol. The fraction of sp³-hybridized carbons (Fsp3) is 0.364. The predicted octanol–water partition coefficient (Wildman–Crippen LogP) is 1.39. The minimum absolute atomic E-state index is 0.379. The number of rotatable bonds is 2. The molecule has 2 aromatic rings. The Hall–Kier alpha value is -1.91. The fourth-order valence-corrected chi connectivity index (χ4v) is 1.75. The summed E-state index contributed by atoms with van der Waals surface area (Å²) in [5.41, 5.74) is 2.20. The van der Waals surface area contributed by atoms with Crippen LogP contribution in [0, 0.1) is 0 Å². The Morgan fingerprint density at radius 1 is 1.50 bits per heavy atom. The van der Waals surface area contributed by atoms with Crippen LogP contribution in [0.25, 0.3) is 5.52 Å².